The van der Waals surface area contributed by atoms with Crippen LogP contribution in [-0.4, -0.2) is 81.8 Å². The van der Waals surface area contributed by atoms with Crippen LogP contribution in [0.2, 0.25) is 0 Å². The van der Waals surface area contributed by atoms with Gasteiger partial charge in [0, 0.05) is 17.4 Å². The maximum Gasteiger partial charge on any atom is 0.411 e. The number of allylic oxidation sites excluding steroid dienone is 4. The minimum Gasteiger partial charge on any atom is -0.444 e. The number of carbonyl (C=O) groups is 1. The number of aliphatic hydroxyl groups is 1. The number of benzene rings is 1. The van der Waals surface area contributed by atoms with Crippen molar-refractivity contribution in [1.82, 2.24) is 29.7 Å². The molecule has 2 saturated heterocycles. The molecule has 1 amide bonds. The van der Waals surface area contributed by atoms with Crippen LogP contribution in [0.15, 0.2) is 48.8 Å². The third-order valence-electron chi connectivity index (χ3n) is 7.65. The number of carbonyl (C=O) groups excluding carboxylic acids is 1. The van der Waals surface area contributed by atoms with Gasteiger partial charge in [-0.15, -0.1) is 23.5 Å². The standard InChI is InChI=1S/C34H46N6O4S2/c1-21(9-10-22(2)25-15-35-29(37-25)27-17-45-19-39(27)31(41)43-33(3,4)5)23-11-13-24(14-12-23)26-16-36-30(38-26)28-18-46-20-40(28)32(42)44-34(6,7)8/h9-16,27-28,31,41H,17-20H2,1-8H3,(H,35,37)(H,36,38)/b21-9+,22-10+/t27-,28-,31?/m0/s1. The van der Waals surface area contributed by atoms with Crippen LogP contribution in [0, 0.1) is 0 Å². The van der Waals surface area contributed by atoms with E-state index in [0.717, 1.165) is 56.8 Å². The fourth-order valence-corrected chi connectivity index (χ4v) is 7.52. The Morgan fingerprint density at radius 3 is 2.24 bits per heavy atom. The molecule has 10 nitrogen and oxygen atoms in total. The summed E-state index contributed by atoms with van der Waals surface area (Å²) in [6, 6.07) is 8.18. The summed E-state index contributed by atoms with van der Waals surface area (Å²) in [5, 5.41) is 10.7. The fraction of sp³-hybridized carbons (Fsp3) is 0.500. The Labute approximate surface area is 280 Å². The molecule has 46 heavy (non-hydrogen) atoms. The fourth-order valence-electron chi connectivity index (χ4n) is 5.17. The minimum absolute atomic E-state index is 0.0494. The van der Waals surface area contributed by atoms with Crippen molar-refractivity contribution >= 4 is 40.8 Å². The van der Waals surface area contributed by atoms with E-state index in [2.05, 4.69) is 70.2 Å². The van der Waals surface area contributed by atoms with Gasteiger partial charge in [-0.1, -0.05) is 36.4 Å². The van der Waals surface area contributed by atoms with E-state index in [-0.39, 0.29) is 18.2 Å². The highest BCUT2D eigenvalue weighted by molar-refractivity contribution is 7.99. The van der Waals surface area contributed by atoms with Gasteiger partial charge in [0.15, 0.2) is 0 Å². The van der Waals surface area contributed by atoms with Crippen molar-refractivity contribution in [3.05, 3.63) is 71.7 Å². The van der Waals surface area contributed by atoms with Crippen LogP contribution in [0.1, 0.15) is 90.4 Å². The number of aromatic amines is 2. The minimum atomic E-state index is -0.988. The molecule has 1 aromatic carbocycles. The zero-order valence-corrected chi connectivity index (χ0v) is 29.6. The summed E-state index contributed by atoms with van der Waals surface area (Å²) in [5.41, 5.74) is 5.20. The van der Waals surface area contributed by atoms with Gasteiger partial charge in [0.2, 0.25) is 6.41 Å². The Balaban J connectivity index is 1.22. The number of aromatic nitrogens is 4. The Bertz CT molecular complexity index is 1570. The zero-order chi connectivity index (χ0) is 33.2. The van der Waals surface area contributed by atoms with Gasteiger partial charge >= 0.3 is 6.09 Å². The number of nitrogens with one attached hydrogen (secondary N) is 2. The molecule has 248 valence electrons. The Kier molecular flexibility index (Phi) is 10.4. The van der Waals surface area contributed by atoms with E-state index >= 15 is 0 Å². The Morgan fingerprint density at radius 1 is 0.913 bits per heavy atom. The maximum absolute atomic E-state index is 12.7. The van der Waals surface area contributed by atoms with Gasteiger partial charge in [0.05, 0.1) is 41.3 Å². The van der Waals surface area contributed by atoms with Crippen molar-refractivity contribution in [2.75, 3.05) is 23.3 Å². The Morgan fingerprint density at radius 2 is 1.54 bits per heavy atom. The van der Waals surface area contributed by atoms with Gasteiger partial charge < -0.3 is 24.5 Å². The summed E-state index contributed by atoms with van der Waals surface area (Å²) >= 11 is 3.45. The molecule has 0 radical (unpaired) electrons. The number of H-pyrrole nitrogens is 2. The largest absolute Gasteiger partial charge is 0.444 e. The monoisotopic (exact) mass is 666 g/mol. The topological polar surface area (TPSA) is 120 Å². The van der Waals surface area contributed by atoms with E-state index in [1.165, 1.54) is 0 Å². The van der Waals surface area contributed by atoms with Crippen LogP contribution >= 0.6 is 23.5 Å². The Hall–Kier alpha value is -3.03. The lowest BCUT2D eigenvalue weighted by Crippen LogP contribution is -2.41. The molecule has 2 aliphatic heterocycles. The van der Waals surface area contributed by atoms with Crippen molar-refractivity contribution in [3.8, 4) is 11.3 Å². The quantitative estimate of drug-likeness (QED) is 0.167. The third kappa shape index (κ3) is 8.46. The molecule has 3 atom stereocenters. The van der Waals surface area contributed by atoms with Crippen LogP contribution in [-0.2, 0) is 9.47 Å². The molecule has 0 aliphatic carbocycles. The van der Waals surface area contributed by atoms with Gasteiger partial charge in [0.25, 0.3) is 0 Å². The van der Waals surface area contributed by atoms with E-state index in [1.807, 2.05) is 58.8 Å². The number of rotatable bonds is 8. The van der Waals surface area contributed by atoms with Crippen molar-refractivity contribution in [2.24, 2.45) is 0 Å². The van der Waals surface area contributed by atoms with Crippen LogP contribution in [0.4, 0.5) is 4.79 Å². The first-order valence-corrected chi connectivity index (χ1v) is 17.8. The average molecular weight is 667 g/mol. The second-order valence-corrected chi connectivity index (χ2v) is 15.7. The van der Waals surface area contributed by atoms with E-state index < -0.39 is 17.6 Å². The van der Waals surface area contributed by atoms with Crippen LogP contribution in [0.5, 0.6) is 0 Å². The zero-order valence-electron chi connectivity index (χ0n) is 28.0. The van der Waals surface area contributed by atoms with Crippen molar-refractivity contribution < 1.29 is 19.4 Å². The van der Waals surface area contributed by atoms with E-state index in [9.17, 15) is 9.90 Å². The summed E-state index contributed by atoms with van der Waals surface area (Å²) < 4.78 is 11.4. The van der Waals surface area contributed by atoms with Gasteiger partial charge in [-0.25, -0.2) is 19.7 Å². The number of ether oxygens (including phenoxy) is 2. The van der Waals surface area contributed by atoms with Crippen molar-refractivity contribution in [1.29, 1.82) is 0 Å². The maximum atomic E-state index is 12.7. The number of hydrogen-bond donors (Lipinski definition) is 3. The van der Waals surface area contributed by atoms with Gasteiger partial charge in [-0.3, -0.25) is 4.90 Å². The number of hydrogen-bond acceptors (Lipinski definition) is 9. The summed E-state index contributed by atoms with van der Waals surface area (Å²) in [5.74, 6) is 4.46. The van der Waals surface area contributed by atoms with Crippen molar-refractivity contribution in [3.63, 3.8) is 0 Å². The lowest BCUT2D eigenvalue weighted by atomic mass is 10.0. The lowest BCUT2D eigenvalue weighted by molar-refractivity contribution is -0.241. The van der Waals surface area contributed by atoms with Gasteiger partial charge in [-0.05, 0) is 77.7 Å². The van der Waals surface area contributed by atoms with E-state index in [4.69, 9.17) is 9.47 Å². The summed E-state index contributed by atoms with van der Waals surface area (Å²) in [6.45, 7) is 15.6. The number of amides is 1. The van der Waals surface area contributed by atoms with Crippen molar-refractivity contribution in [2.45, 2.75) is 85.1 Å². The molecule has 2 aliphatic rings. The number of nitrogens with zero attached hydrogens (tertiary/aromatic N) is 4. The van der Waals surface area contributed by atoms with E-state index in [1.54, 1.807) is 28.4 Å². The molecule has 2 fully saturated rings. The average Bonchev–Trinajstić information content (AvgIpc) is 3.79. The smallest absolute Gasteiger partial charge is 0.411 e. The predicted molar refractivity (Wildman–Crippen MR) is 187 cm³/mol. The second kappa shape index (κ2) is 14.0. The summed E-state index contributed by atoms with van der Waals surface area (Å²) in [7, 11) is 0. The number of imidazole rings is 2. The van der Waals surface area contributed by atoms with Gasteiger partial charge in [-0.2, -0.15) is 0 Å². The highest BCUT2D eigenvalue weighted by Crippen LogP contribution is 2.36. The molecule has 5 rings (SSSR count). The molecule has 1 unspecified atom stereocenters. The highest BCUT2D eigenvalue weighted by atomic mass is 32.2. The first-order valence-electron chi connectivity index (χ1n) is 15.5. The molecular weight excluding hydrogens is 621 g/mol. The molecule has 0 bridgehead atoms. The lowest BCUT2D eigenvalue weighted by Gasteiger charge is -2.32. The van der Waals surface area contributed by atoms with Crippen LogP contribution in [0.25, 0.3) is 22.4 Å². The highest BCUT2D eigenvalue weighted by Gasteiger charge is 2.36. The predicted octanol–water partition coefficient (Wildman–Crippen LogP) is 7.43. The first-order chi connectivity index (χ1) is 21.7. The number of thioether (sulfide) groups is 2. The molecular formula is C34H46N6O4S2. The molecule has 0 saturated carbocycles. The second-order valence-electron chi connectivity index (χ2n) is 13.7. The molecule has 2 aromatic heterocycles. The van der Waals surface area contributed by atoms with Gasteiger partial charge in [0.1, 0.15) is 23.3 Å². The first kappa shape index (κ1) is 34.3. The number of aliphatic hydroxyl groups excluding tert-OH is 1. The van der Waals surface area contributed by atoms with E-state index in [0.29, 0.717) is 11.8 Å². The summed E-state index contributed by atoms with van der Waals surface area (Å²) in [4.78, 5) is 32.6. The third-order valence-corrected chi connectivity index (χ3v) is 9.70. The normalized spacial score (nSPS) is 20.8. The molecule has 4 heterocycles. The molecule has 3 aromatic rings. The molecule has 0 spiro atoms. The molecule has 3 N–H and O–H groups in total. The molecule has 12 heteroatoms. The summed E-state index contributed by atoms with van der Waals surface area (Å²) in [6.07, 6.45) is 6.59. The van der Waals surface area contributed by atoms with Crippen LogP contribution in [0.3, 0.4) is 0 Å². The SMILES string of the molecule is C/C(=C\C=C(/C)c1cnc([C@@H]2CSCN2C(O)OC(C)(C)C)[nH]1)c1ccc(-c2cnc([C@@H]3CSCN3C(=O)OC(C)(C)C)[nH]2)cc1. The van der Waals surface area contributed by atoms with Crippen LogP contribution < -0.4 is 0 Å².